The van der Waals surface area contributed by atoms with Crippen LogP contribution in [0.15, 0.2) is 35.5 Å². The van der Waals surface area contributed by atoms with Crippen molar-refractivity contribution in [1.82, 2.24) is 28.9 Å². The van der Waals surface area contributed by atoms with E-state index in [9.17, 15) is 9.90 Å². The van der Waals surface area contributed by atoms with Gasteiger partial charge in [-0.2, -0.15) is 4.68 Å². The zero-order valence-electron chi connectivity index (χ0n) is 13.2. The van der Waals surface area contributed by atoms with Crippen molar-refractivity contribution in [2.24, 2.45) is 7.05 Å². The van der Waals surface area contributed by atoms with Crippen LogP contribution in [0.1, 0.15) is 18.5 Å². The molecule has 1 aromatic carbocycles. The summed E-state index contributed by atoms with van der Waals surface area (Å²) >= 11 is 6.04. The van der Waals surface area contributed by atoms with Crippen molar-refractivity contribution in [3.8, 4) is 5.82 Å². The molecule has 1 aliphatic rings. The normalized spacial score (nSPS) is 16.0. The van der Waals surface area contributed by atoms with Gasteiger partial charge in [0.15, 0.2) is 11.5 Å². The van der Waals surface area contributed by atoms with E-state index in [-0.39, 0.29) is 5.56 Å². The third-order valence-electron chi connectivity index (χ3n) is 4.74. The second-order valence-electron chi connectivity index (χ2n) is 6.35. The summed E-state index contributed by atoms with van der Waals surface area (Å²) < 4.78 is 4.82. The van der Waals surface area contributed by atoms with Crippen molar-refractivity contribution in [1.29, 1.82) is 0 Å². The molecule has 5 rings (SSSR count). The van der Waals surface area contributed by atoms with Gasteiger partial charge in [-0.1, -0.05) is 16.8 Å². The van der Waals surface area contributed by atoms with E-state index in [1.54, 1.807) is 31.6 Å². The van der Waals surface area contributed by atoms with Crippen LogP contribution in [0.4, 0.5) is 0 Å². The van der Waals surface area contributed by atoms with Gasteiger partial charge in [0.25, 0.3) is 5.56 Å². The van der Waals surface area contributed by atoms with Crippen LogP contribution in [0.2, 0.25) is 5.02 Å². The van der Waals surface area contributed by atoms with E-state index in [4.69, 9.17) is 11.6 Å². The quantitative estimate of drug-likeness (QED) is 0.586. The van der Waals surface area contributed by atoms with Crippen molar-refractivity contribution in [3.63, 3.8) is 0 Å². The van der Waals surface area contributed by atoms with Crippen LogP contribution in [0.25, 0.3) is 22.4 Å². The SMILES string of the molecule is Cn1c(=O)c2cc(Cl)ccc2n2cnc(-n3nncc3C3(O)CC3)c12. The van der Waals surface area contributed by atoms with Crippen LogP contribution < -0.4 is 5.56 Å². The maximum absolute atomic E-state index is 12.8. The average molecular weight is 357 g/mol. The van der Waals surface area contributed by atoms with E-state index in [2.05, 4.69) is 15.3 Å². The molecule has 9 heteroatoms. The molecule has 25 heavy (non-hydrogen) atoms. The number of nitrogens with zero attached hydrogens (tertiary/aromatic N) is 6. The first-order chi connectivity index (χ1) is 12.0. The number of fused-ring (bicyclic) bond motifs is 3. The number of hydrogen-bond acceptors (Lipinski definition) is 5. The monoisotopic (exact) mass is 356 g/mol. The van der Waals surface area contributed by atoms with Crippen LogP contribution >= 0.6 is 11.6 Å². The van der Waals surface area contributed by atoms with Gasteiger partial charge in [0.05, 0.1) is 22.8 Å². The Morgan fingerprint density at radius 1 is 1.32 bits per heavy atom. The minimum atomic E-state index is -0.914. The number of benzene rings is 1. The van der Waals surface area contributed by atoms with E-state index in [1.165, 1.54) is 15.4 Å². The third-order valence-corrected chi connectivity index (χ3v) is 4.98. The first-order valence-corrected chi connectivity index (χ1v) is 8.17. The number of aryl methyl sites for hydroxylation is 1. The molecule has 0 aliphatic heterocycles. The Hall–Kier alpha value is -2.71. The van der Waals surface area contributed by atoms with Crippen LogP contribution in [0.5, 0.6) is 0 Å². The molecule has 3 aromatic heterocycles. The van der Waals surface area contributed by atoms with E-state index >= 15 is 0 Å². The van der Waals surface area contributed by atoms with E-state index < -0.39 is 5.60 Å². The van der Waals surface area contributed by atoms with Crippen molar-refractivity contribution >= 4 is 28.2 Å². The molecule has 0 radical (unpaired) electrons. The van der Waals surface area contributed by atoms with Crippen molar-refractivity contribution in [3.05, 3.63) is 51.8 Å². The Kier molecular flexibility index (Phi) is 2.73. The Morgan fingerprint density at radius 2 is 2.12 bits per heavy atom. The summed E-state index contributed by atoms with van der Waals surface area (Å²) in [6, 6.07) is 5.16. The minimum Gasteiger partial charge on any atom is -0.383 e. The summed E-state index contributed by atoms with van der Waals surface area (Å²) in [6.07, 6.45) is 4.49. The molecule has 1 aliphatic carbocycles. The zero-order valence-corrected chi connectivity index (χ0v) is 14.0. The Balaban J connectivity index is 1.88. The molecule has 4 aromatic rings. The second-order valence-corrected chi connectivity index (χ2v) is 6.79. The van der Waals surface area contributed by atoms with Crippen molar-refractivity contribution in [2.75, 3.05) is 0 Å². The van der Waals surface area contributed by atoms with E-state index in [0.29, 0.717) is 45.9 Å². The summed E-state index contributed by atoms with van der Waals surface area (Å²) in [5, 5.41) is 19.4. The number of imidazole rings is 1. The third kappa shape index (κ3) is 1.92. The van der Waals surface area contributed by atoms with Gasteiger partial charge in [-0.15, -0.1) is 5.10 Å². The maximum atomic E-state index is 12.8. The molecule has 1 N–H and O–H groups in total. The highest BCUT2D eigenvalue weighted by Crippen LogP contribution is 2.45. The lowest BCUT2D eigenvalue weighted by atomic mass is 10.2. The summed E-state index contributed by atoms with van der Waals surface area (Å²) in [7, 11) is 1.67. The molecule has 0 amide bonds. The molecule has 1 fully saturated rings. The fourth-order valence-electron chi connectivity index (χ4n) is 3.22. The fraction of sp³-hybridized carbons (Fsp3) is 0.250. The summed E-state index contributed by atoms with van der Waals surface area (Å²) in [5.41, 5.74) is 0.752. The molecule has 0 atom stereocenters. The van der Waals surface area contributed by atoms with Gasteiger partial charge < -0.3 is 5.11 Å². The summed E-state index contributed by atoms with van der Waals surface area (Å²) in [5.74, 6) is 0.448. The van der Waals surface area contributed by atoms with Gasteiger partial charge in [-0.3, -0.25) is 13.8 Å². The lowest BCUT2D eigenvalue weighted by Gasteiger charge is -2.11. The first kappa shape index (κ1) is 14.6. The highest BCUT2D eigenvalue weighted by Gasteiger charge is 2.46. The highest BCUT2D eigenvalue weighted by atomic mass is 35.5. The Labute approximate surface area is 145 Å². The molecule has 0 unspecified atom stereocenters. The predicted molar refractivity (Wildman–Crippen MR) is 91.0 cm³/mol. The molecule has 0 saturated heterocycles. The summed E-state index contributed by atoms with van der Waals surface area (Å²) in [6.45, 7) is 0. The van der Waals surface area contributed by atoms with Gasteiger partial charge in [-0.05, 0) is 31.0 Å². The molecule has 126 valence electrons. The number of aliphatic hydroxyl groups is 1. The molecule has 0 spiro atoms. The Bertz CT molecular complexity index is 1220. The molecular formula is C16H13ClN6O2. The van der Waals surface area contributed by atoms with Gasteiger partial charge in [-0.25, -0.2) is 4.98 Å². The van der Waals surface area contributed by atoms with Crippen molar-refractivity contribution in [2.45, 2.75) is 18.4 Å². The van der Waals surface area contributed by atoms with Gasteiger partial charge >= 0.3 is 0 Å². The molecule has 0 bridgehead atoms. The molecule has 3 heterocycles. The van der Waals surface area contributed by atoms with E-state index in [0.717, 1.165) is 0 Å². The molecule has 1 saturated carbocycles. The van der Waals surface area contributed by atoms with Crippen LogP contribution in [0.3, 0.4) is 0 Å². The fourth-order valence-corrected chi connectivity index (χ4v) is 3.39. The van der Waals surface area contributed by atoms with Crippen molar-refractivity contribution < 1.29 is 5.11 Å². The summed E-state index contributed by atoms with van der Waals surface area (Å²) in [4.78, 5) is 17.2. The predicted octanol–water partition coefficient (Wildman–Crippen LogP) is 1.40. The number of aromatic nitrogens is 6. The topological polar surface area (TPSA) is 90.2 Å². The van der Waals surface area contributed by atoms with E-state index in [1.807, 2.05) is 4.40 Å². The van der Waals surface area contributed by atoms with Crippen LogP contribution in [0, 0.1) is 0 Å². The molecular weight excluding hydrogens is 344 g/mol. The standard InChI is InChI=1S/C16H13ClN6O2/c1-21-14-13(23-12(7-19-20-23)16(25)4-5-16)18-8-22(14)11-3-2-9(17)6-10(11)15(21)24/h2-3,6-8,25H,4-5H2,1H3. The second kappa shape index (κ2) is 4.68. The van der Waals surface area contributed by atoms with Crippen LogP contribution in [-0.2, 0) is 12.6 Å². The first-order valence-electron chi connectivity index (χ1n) is 7.79. The lowest BCUT2D eigenvalue weighted by Crippen LogP contribution is -2.21. The lowest BCUT2D eigenvalue weighted by molar-refractivity contribution is 0.143. The van der Waals surface area contributed by atoms with Gasteiger partial charge in [0.2, 0.25) is 0 Å². The maximum Gasteiger partial charge on any atom is 0.261 e. The number of rotatable bonds is 2. The average Bonchev–Trinajstić information content (AvgIpc) is 3.03. The number of hydrogen-bond donors (Lipinski definition) is 1. The smallest absolute Gasteiger partial charge is 0.261 e. The highest BCUT2D eigenvalue weighted by molar-refractivity contribution is 6.31. The minimum absolute atomic E-state index is 0.182. The number of halogens is 1. The largest absolute Gasteiger partial charge is 0.383 e. The van der Waals surface area contributed by atoms with Crippen LogP contribution in [-0.4, -0.2) is 34.1 Å². The Morgan fingerprint density at radius 3 is 2.88 bits per heavy atom. The van der Waals surface area contributed by atoms with Gasteiger partial charge in [0.1, 0.15) is 11.9 Å². The zero-order chi connectivity index (χ0) is 17.3. The molecule has 8 nitrogen and oxygen atoms in total. The van der Waals surface area contributed by atoms with Gasteiger partial charge in [0, 0.05) is 12.1 Å².